The molecule has 1 aliphatic heterocycles. The van der Waals surface area contributed by atoms with Crippen molar-refractivity contribution in [1.82, 2.24) is 0 Å². The minimum absolute atomic E-state index is 0.284. The van der Waals surface area contributed by atoms with Crippen LogP contribution >= 0.6 is 0 Å². The number of rotatable bonds is 4. The van der Waals surface area contributed by atoms with Gasteiger partial charge in [0.1, 0.15) is 11.3 Å². The SMILES string of the molecule is CCCc1cc(=O)oc2c(C)c3c(cc12)CN(c1ccccc1C(=O)OC)CO3. The van der Waals surface area contributed by atoms with Crippen LogP contribution in [0.5, 0.6) is 5.75 Å². The van der Waals surface area contributed by atoms with Gasteiger partial charge in [0.25, 0.3) is 0 Å². The second-order valence-corrected chi connectivity index (χ2v) is 7.19. The summed E-state index contributed by atoms with van der Waals surface area (Å²) in [7, 11) is 1.37. The molecule has 0 saturated heterocycles. The molecule has 0 bridgehead atoms. The number of ether oxygens (including phenoxy) is 2. The Bertz CT molecular complexity index is 1150. The number of esters is 1. The second kappa shape index (κ2) is 7.62. The predicted molar refractivity (Wildman–Crippen MR) is 111 cm³/mol. The van der Waals surface area contributed by atoms with Gasteiger partial charge in [0.2, 0.25) is 0 Å². The Balaban J connectivity index is 1.81. The zero-order chi connectivity index (χ0) is 20.5. The molecule has 0 radical (unpaired) electrons. The Morgan fingerprint density at radius 2 is 2.03 bits per heavy atom. The van der Waals surface area contributed by atoms with Crippen LogP contribution < -0.4 is 15.3 Å². The van der Waals surface area contributed by atoms with E-state index >= 15 is 0 Å². The Morgan fingerprint density at radius 1 is 1.24 bits per heavy atom. The zero-order valence-corrected chi connectivity index (χ0v) is 16.8. The number of aryl methyl sites for hydroxylation is 2. The molecule has 0 unspecified atom stereocenters. The van der Waals surface area contributed by atoms with Gasteiger partial charge in [-0.1, -0.05) is 25.5 Å². The quantitative estimate of drug-likeness (QED) is 0.489. The summed E-state index contributed by atoms with van der Waals surface area (Å²) in [5, 5.41) is 0.939. The second-order valence-electron chi connectivity index (χ2n) is 7.19. The van der Waals surface area contributed by atoms with Crippen molar-refractivity contribution in [3.8, 4) is 5.75 Å². The number of benzene rings is 2. The zero-order valence-electron chi connectivity index (χ0n) is 16.8. The van der Waals surface area contributed by atoms with Crippen LogP contribution in [-0.2, 0) is 17.7 Å². The lowest BCUT2D eigenvalue weighted by atomic mass is 9.98. The fourth-order valence-corrected chi connectivity index (χ4v) is 3.95. The Hall–Kier alpha value is -3.28. The molecule has 0 spiro atoms. The lowest BCUT2D eigenvalue weighted by Gasteiger charge is -2.32. The van der Waals surface area contributed by atoms with Crippen LogP contribution in [-0.4, -0.2) is 19.8 Å². The fourth-order valence-electron chi connectivity index (χ4n) is 3.95. The van der Waals surface area contributed by atoms with E-state index in [0.29, 0.717) is 17.7 Å². The average Bonchev–Trinajstić information content (AvgIpc) is 2.74. The van der Waals surface area contributed by atoms with Gasteiger partial charge in [-0.25, -0.2) is 9.59 Å². The normalized spacial score (nSPS) is 13.1. The van der Waals surface area contributed by atoms with E-state index in [1.807, 2.05) is 36.1 Å². The molecule has 1 aliphatic rings. The van der Waals surface area contributed by atoms with Gasteiger partial charge in [-0.2, -0.15) is 0 Å². The molecule has 0 N–H and O–H groups in total. The van der Waals surface area contributed by atoms with Crippen molar-refractivity contribution in [1.29, 1.82) is 0 Å². The molecular weight excluding hydrogens is 370 g/mol. The van der Waals surface area contributed by atoms with E-state index in [4.69, 9.17) is 13.9 Å². The van der Waals surface area contributed by atoms with E-state index in [9.17, 15) is 9.59 Å². The molecule has 1 aromatic heterocycles. The number of nitrogens with zero attached hydrogens (tertiary/aromatic N) is 1. The van der Waals surface area contributed by atoms with E-state index in [1.54, 1.807) is 12.1 Å². The van der Waals surface area contributed by atoms with Crippen LogP contribution in [0.2, 0.25) is 0 Å². The molecule has 0 saturated carbocycles. The summed E-state index contributed by atoms with van der Waals surface area (Å²) < 4.78 is 16.5. The molecule has 2 aromatic carbocycles. The molecule has 6 heteroatoms. The van der Waals surface area contributed by atoms with Gasteiger partial charge >= 0.3 is 11.6 Å². The van der Waals surface area contributed by atoms with Crippen molar-refractivity contribution < 1.29 is 18.7 Å². The first-order valence-corrected chi connectivity index (χ1v) is 9.67. The van der Waals surface area contributed by atoms with Crippen molar-refractivity contribution in [3.05, 3.63) is 69.1 Å². The van der Waals surface area contributed by atoms with Crippen LogP contribution in [0.15, 0.2) is 45.6 Å². The average molecular weight is 393 g/mol. The van der Waals surface area contributed by atoms with Gasteiger partial charge in [0.15, 0.2) is 6.73 Å². The highest BCUT2D eigenvalue weighted by molar-refractivity contribution is 5.96. The number of methoxy groups -OCH3 is 1. The number of fused-ring (bicyclic) bond motifs is 2. The van der Waals surface area contributed by atoms with Crippen molar-refractivity contribution >= 4 is 22.6 Å². The lowest BCUT2D eigenvalue weighted by molar-refractivity contribution is 0.0601. The predicted octanol–water partition coefficient (Wildman–Crippen LogP) is 4.20. The largest absolute Gasteiger partial charge is 0.472 e. The Labute approximate surface area is 168 Å². The highest BCUT2D eigenvalue weighted by Gasteiger charge is 2.25. The molecule has 0 atom stereocenters. The number of para-hydroxylation sites is 1. The third kappa shape index (κ3) is 3.35. The van der Waals surface area contributed by atoms with Crippen molar-refractivity contribution in [2.45, 2.75) is 33.2 Å². The summed E-state index contributed by atoms with van der Waals surface area (Å²) in [5.74, 6) is 0.356. The van der Waals surface area contributed by atoms with Gasteiger partial charge < -0.3 is 18.8 Å². The minimum Gasteiger partial charge on any atom is -0.472 e. The number of carbonyl (C=O) groups is 1. The molecule has 29 heavy (non-hydrogen) atoms. The first-order valence-electron chi connectivity index (χ1n) is 9.67. The maximum Gasteiger partial charge on any atom is 0.339 e. The molecule has 0 fully saturated rings. The van der Waals surface area contributed by atoms with Crippen molar-refractivity contribution in [3.63, 3.8) is 0 Å². The highest BCUT2D eigenvalue weighted by Crippen LogP contribution is 2.37. The Kier molecular flexibility index (Phi) is 5.01. The van der Waals surface area contributed by atoms with Crippen LogP contribution in [0.4, 0.5) is 5.69 Å². The van der Waals surface area contributed by atoms with Crippen molar-refractivity contribution in [2.75, 3.05) is 18.7 Å². The summed E-state index contributed by atoms with van der Waals surface area (Å²) >= 11 is 0. The van der Waals surface area contributed by atoms with Crippen LogP contribution in [0.25, 0.3) is 11.0 Å². The first kappa shape index (κ1) is 19.1. The van der Waals surface area contributed by atoms with Gasteiger partial charge in [0, 0.05) is 29.1 Å². The van der Waals surface area contributed by atoms with Gasteiger partial charge in [-0.15, -0.1) is 0 Å². The smallest absolute Gasteiger partial charge is 0.339 e. The van der Waals surface area contributed by atoms with E-state index in [0.717, 1.165) is 46.4 Å². The molecule has 6 nitrogen and oxygen atoms in total. The number of anilines is 1. The summed E-state index contributed by atoms with van der Waals surface area (Å²) in [4.78, 5) is 26.2. The van der Waals surface area contributed by atoms with Gasteiger partial charge in [0.05, 0.1) is 18.4 Å². The van der Waals surface area contributed by atoms with Crippen LogP contribution in [0.1, 0.15) is 40.4 Å². The fraction of sp³-hybridized carbons (Fsp3) is 0.304. The summed E-state index contributed by atoms with van der Waals surface area (Å²) in [5.41, 5.74) is 4.31. The summed E-state index contributed by atoms with van der Waals surface area (Å²) in [6.45, 7) is 4.86. The van der Waals surface area contributed by atoms with E-state index in [-0.39, 0.29) is 18.3 Å². The van der Waals surface area contributed by atoms with Crippen molar-refractivity contribution in [2.24, 2.45) is 0 Å². The van der Waals surface area contributed by atoms with E-state index < -0.39 is 0 Å². The molecular formula is C23H23NO5. The molecule has 3 aromatic rings. The maximum atomic E-state index is 12.2. The summed E-state index contributed by atoms with van der Waals surface area (Å²) in [6, 6.07) is 10.9. The number of hydrogen-bond acceptors (Lipinski definition) is 6. The standard InChI is InChI=1S/C23H23NO5/c1-4-7-15-11-20(25)29-22-14(2)21-16(10-18(15)22)12-24(13-28-21)19-9-6-5-8-17(19)23(26)27-3/h5-6,8-11H,4,7,12-13H2,1-3H3. The van der Waals surface area contributed by atoms with E-state index in [1.165, 1.54) is 7.11 Å². The van der Waals surface area contributed by atoms with Gasteiger partial charge in [-0.3, -0.25) is 0 Å². The van der Waals surface area contributed by atoms with Crippen LogP contribution in [0, 0.1) is 6.92 Å². The first-order chi connectivity index (χ1) is 14.0. The lowest BCUT2D eigenvalue weighted by Crippen LogP contribution is -2.33. The van der Waals surface area contributed by atoms with E-state index in [2.05, 4.69) is 6.92 Å². The third-order valence-electron chi connectivity index (χ3n) is 5.27. The molecule has 0 amide bonds. The molecule has 150 valence electrons. The monoisotopic (exact) mass is 393 g/mol. The Morgan fingerprint density at radius 3 is 2.79 bits per heavy atom. The molecule has 4 rings (SSSR count). The molecule has 0 aliphatic carbocycles. The summed E-state index contributed by atoms with van der Waals surface area (Å²) in [6.07, 6.45) is 1.74. The molecule has 2 heterocycles. The minimum atomic E-state index is -0.381. The third-order valence-corrected chi connectivity index (χ3v) is 5.27. The van der Waals surface area contributed by atoms with Gasteiger partial charge in [-0.05, 0) is 37.1 Å². The highest BCUT2D eigenvalue weighted by atomic mass is 16.5. The maximum absolute atomic E-state index is 12.2. The number of hydrogen-bond donors (Lipinski definition) is 0. The topological polar surface area (TPSA) is 69.0 Å². The van der Waals surface area contributed by atoms with Crippen LogP contribution in [0.3, 0.4) is 0 Å². The number of carbonyl (C=O) groups excluding carboxylic acids is 1.